The van der Waals surface area contributed by atoms with Gasteiger partial charge in [-0.25, -0.2) is 4.52 Å². The molecule has 1 fully saturated rings. The van der Waals surface area contributed by atoms with E-state index in [4.69, 9.17) is 4.74 Å². The van der Waals surface area contributed by atoms with E-state index in [2.05, 4.69) is 29.5 Å². The van der Waals surface area contributed by atoms with Gasteiger partial charge in [-0.2, -0.15) is 5.10 Å². The van der Waals surface area contributed by atoms with E-state index in [0.717, 1.165) is 32.4 Å². The molecule has 1 saturated heterocycles. The second kappa shape index (κ2) is 7.05. The van der Waals surface area contributed by atoms with E-state index >= 15 is 0 Å². The van der Waals surface area contributed by atoms with Gasteiger partial charge in [0.25, 0.3) is 0 Å². The molecule has 1 aliphatic heterocycles. The van der Waals surface area contributed by atoms with Crippen molar-refractivity contribution >= 4 is 5.52 Å². The van der Waals surface area contributed by atoms with Crippen molar-refractivity contribution in [3.05, 3.63) is 36.2 Å². The fourth-order valence-electron chi connectivity index (χ4n) is 3.13. The highest BCUT2D eigenvalue weighted by molar-refractivity contribution is 5.54. The molecule has 3 heterocycles. The number of ether oxygens (including phenoxy) is 1. The summed E-state index contributed by atoms with van der Waals surface area (Å²) >= 11 is 0. The van der Waals surface area contributed by atoms with E-state index in [1.54, 1.807) is 0 Å². The maximum absolute atomic E-state index is 5.76. The van der Waals surface area contributed by atoms with Gasteiger partial charge in [0.05, 0.1) is 17.8 Å². The van der Waals surface area contributed by atoms with Crippen LogP contribution < -0.4 is 5.32 Å². The lowest BCUT2D eigenvalue weighted by Crippen LogP contribution is -2.23. The molecule has 0 saturated carbocycles. The lowest BCUT2D eigenvalue weighted by atomic mass is 10.00. The van der Waals surface area contributed by atoms with Crippen LogP contribution in [0.4, 0.5) is 0 Å². The third-order valence-corrected chi connectivity index (χ3v) is 4.27. The third-order valence-electron chi connectivity index (χ3n) is 4.27. The molecule has 1 aliphatic rings. The largest absolute Gasteiger partial charge is 0.378 e. The van der Waals surface area contributed by atoms with Crippen LogP contribution in [0.1, 0.15) is 50.6 Å². The van der Waals surface area contributed by atoms with Crippen LogP contribution in [0.25, 0.3) is 5.52 Å². The Morgan fingerprint density at radius 2 is 2.43 bits per heavy atom. The molecule has 2 atom stereocenters. The van der Waals surface area contributed by atoms with Crippen molar-refractivity contribution in [2.24, 2.45) is 0 Å². The summed E-state index contributed by atoms with van der Waals surface area (Å²) in [6, 6.07) is 6.62. The number of pyridine rings is 1. The van der Waals surface area contributed by atoms with E-state index < -0.39 is 0 Å². The second-order valence-electron chi connectivity index (χ2n) is 5.85. The average Bonchev–Trinajstić information content (AvgIpc) is 3.17. The first kappa shape index (κ1) is 14.5. The first-order valence-electron chi connectivity index (χ1n) is 8.15. The molecule has 4 heteroatoms. The summed E-state index contributed by atoms with van der Waals surface area (Å²) in [4.78, 5) is 0. The monoisotopic (exact) mass is 287 g/mol. The molecular weight excluding hydrogens is 262 g/mol. The number of nitrogens with one attached hydrogen (secondary N) is 1. The lowest BCUT2D eigenvalue weighted by Gasteiger charge is -2.19. The van der Waals surface area contributed by atoms with Crippen molar-refractivity contribution < 1.29 is 4.74 Å². The molecule has 114 valence electrons. The molecule has 3 rings (SSSR count). The van der Waals surface area contributed by atoms with Crippen molar-refractivity contribution in [3.8, 4) is 0 Å². The van der Waals surface area contributed by atoms with Crippen molar-refractivity contribution in [2.75, 3.05) is 13.2 Å². The first-order chi connectivity index (χ1) is 10.4. The van der Waals surface area contributed by atoms with Gasteiger partial charge in [0, 0.05) is 24.4 Å². The molecule has 0 aliphatic carbocycles. The number of rotatable bonds is 7. The molecule has 0 radical (unpaired) electrons. The van der Waals surface area contributed by atoms with Crippen LogP contribution in [0.2, 0.25) is 0 Å². The third kappa shape index (κ3) is 3.44. The van der Waals surface area contributed by atoms with Gasteiger partial charge >= 0.3 is 0 Å². The molecule has 0 spiro atoms. The second-order valence-corrected chi connectivity index (χ2v) is 5.85. The lowest BCUT2D eigenvalue weighted by molar-refractivity contribution is 0.0996. The minimum atomic E-state index is 0.369. The van der Waals surface area contributed by atoms with Crippen LogP contribution in [0.3, 0.4) is 0 Å². The predicted molar refractivity (Wildman–Crippen MR) is 84.4 cm³/mol. The summed E-state index contributed by atoms with van der Waals surface area (Å²) in [6.45, 7) is 4.19. The van der Waals surface area contributed by atoms with Crippen molar-refractivity contribution in [2.45, 2.75) is 51.2 Å². The Bertz CT molecular complexity index is 560. The van der Waals surface area contributed by atoms with Crippen molar-refractivity contribution in [1.82, 2.24) is 14.9 Å². The Morgan fingerprint density at radius 1 is 1.48 bits per heavy atom. The summed E-state index contributed by atoms with van der Waals surface area (Å²) in [5.41, 5.74) is 2.51. The predicted octanol–water partition coefficient (Wildman–Crippen LogP) is 3.33. The highest BCUT2D eigenvalue weighted by atomic mass is 16.5. The summed E-state index contributed by atoms with van der Waals surface area (Å²) in [5, 5.41) is 8.15. The molecule has 4 nitrogen and oxygen atoms in total. The minimum Gasteiger partial charge on any atom is -0.378 e. The maximum Gasteiger partial charge on any atom is 0.0709 e. The first-order valence-corrected chi connectivity index (χ1v) is 8.15. The summed E-state index contributed by atoms with van der Waals surface area (Å²) in [6.07, 6.45) is 10.3. The van der Waals surface area contributed by atoms with Gasteiger partial charge in [0.15, 0.2) is 0 Å². The fraction of sp³-hybridized carbons (Fsp3) is 0.588. The number of fused-ring (bicyclic) bond motifs is 1. The molecule has 0 bridgehead atoms. The van der Waals surface area contributed by atoms with Crippen molar-refractivity contribution in [1.29, 1.82) is 0 Å². The Labute approximate surface area is 126 Å². The van der Waals surface area contributed by atoms with Gasteiger partial charge in [0.1, 0.15) is 0 Å². The highest BCUT2D eigenvalue weighted by Gasteiger charge is 2.20. The van der Waals surface area contributed by atoms with E-state index in [1.165, 1.54) is 23.9 Å². The van der Waals surface area contributed by atoms with Gasteiger partial charge in [-0.1, -0.05) is 13.0 Å². The molecule has 2 aromatic rings. The van der Waals surface area contributed by atoms with Crippen LogP contribution in [-0.4, -0.2) is 28.9 Å². The topological polar surface area (TPSA) is 38.6 Å². The Morgan fingerprint density at radius 3 is 3.24 bits per heavy atom. The molecular formula is C17H25N3O. The van der Waals surface area contributed by atoms with Crippen LogP contribution in [0.15, 0.2) is 30.6 Å². The average molecular weight is 287 g/mol. The van der Waals surface area contributed by atoms with Gasteiger partial charge in [-0.05, 0) is 50.8 Å². The minimum absolute atomic E-state index is 0.369. The van der Waals surface area contributed by atoms with Crippen LogP contribution in [0, 0.1) is 0 Å². The van der Waals surface area contributed by atoms with Crippen LogP contribution in [0.5, 0.6) is 0 Å². The van der Waals surface area contributed by atoms with Gasteiger partial charge in [0.2, 0.25) is 0 Å². The highest BCUT2D eigenvalue weighted by Crippen LogP contribution is 2.26. The zero-order chi connectivity index (χ0) is 14.5. The smallest absolute Gasteiger partial charge is 0.0709 e. The quantitative estimate of drug-likeness (QED) is 0.849. The SMILES string of the molecule is CCCNC(CCC1CCCO1)c1cnn2ccccc12. The van der Waals surface area contributed by atoms with Crippen LogP contribution in [-0.2, 0) is 4.74 Å². The normalized spacial score (nSPS) is 20.1. The zero-order valence-corrected chi connectivity index (χ0v) is 12.8. The van der Waals surface area contributed by atoms with Crippen LogP contribution >= 0.6 is 0 Å². The maximum atomic E-state index is 5.76. The van der Waals surface area contributed by atoms with Gasteiger partial charge < -0.3 is 10.1 Å². The Kier molecular flexibility index (Phi) is 4.88. The molecule has 2 aromatic heterocycles. The molecule has 2 unspecified atom stereocenters. The number of hydrogen-bond acceptors (Lipinski definition) is 3. The molecule has 21 heavy (non-hydrogen) atoms. The van der Waals surface area contributed by atoms with Gasteiger partial charge in [-0.15, -0.1) is 0 Å². The van der Waals surface area contributed by atoms with E-state index in [-0.39, 0.29) is 0 Å². The number of aromatic nitrogens is 2. The summed E-state index contributed by atoms with van der Waals surface area (Å²) in [7, 11) is 0. The molecule has 0 aromatic carbocycles. The fourth-order valence-corrected chi connectivity index (χ4v) is 3.13. The van der Waals surface area contributed by atoms with E-state index in [1.807, 2.05) is 23.0 Å². The summed E-state index contributed by atoms with van der Waals surface area (Å²) in [5.74, 6) is 0. The zero-order valence-electron chi connectivity index (χ0n) is 12.8. The Balaban J connectivity index is 1.74. The summed E-state index contributed by atoms with van der Waals surface area (Å²) < 4.78 is 7.72. The number of nitrogens with zero attached hydrogens (tertiary/aromatic N) is 2. The van der Waals surface area contributed by atoms with Gasteiger partial charge in [-0.3, -0.25) is 0 Å². The molecule has 1 N–H and O–H groups in total. The standard InChI is InChI=1S/C17H25N3O/c1-2-10-18-16(9-8-14-6-5-12-21-14)15-13-19-20-11-4-3-7-17(15)20/h3-4,7,11,13-14,16,18H,2,5-6,8-10,12H2,1H3. The number of hydrogen-bond donors (Lipinski definition) is 1. The Hall–Kier alpha value is -1.39. The van der Waals surface area contributed by atoms with E-state index in [9.17, 15) is 0 Å². The van der Waals surface area contributed by atoms with Crippen molar-refractivity contribution in [3.63, 3.8) is 0 Å². The van der Waals surface area contributed by atoms with E-state index in [0.29, 0.717) is 12.1 Å². The molecule has 0 amide bonds.